The molecule has 2 rings (SSSR count). The van der Waals surface area contributed by atoms with E-state index in [1.54, 1.807) is 12.3 Å². The van der Waals surface area contributed by atoms with E-state index < -0.39 is 0 Å². The molecule has 1 aromatic rings. The number of likely N-dealkylation sites (N-methyl/N-ethyl adjacent to an activating group) is 1. The number of hydrogen-bond acceptors (Lipinski definition) is 4. The van der Waals surface area contributed by atoms with Crippen LogP contribution in [0.15, 0.2) is 18.3 Å². The molecule has 2 heterocycles. The number of amides is 1. The van der Waals surface area contributed by atoms with Crippen molar-refractivity contribution < 1.29 is 4.79 Å². The number of nitrogen functional groups attached to an aromatic ring is 1. The van der Waals surface area contributed by atoms with Crippen LogP contribution in [0, 0.1) is 0 Å². The Morgan fingerprint density at radius 3 is 2.74 bits per heavy atom. The number of pyridine rings is 1. The lowest BCUT2D eigenvalue weighted by molar-refractivity contribution is -0.135. The largest absolute Gasteiger partial charge is 0.397 e. The second-order valence-electron chi connectivity index (χ2n) is 5.81. The Morgan fingerprint density at radius 2 is 2.16 bits per heavy atom. The van der Waals surface area contributed by atoms with Crippen LogP contribution in [0.3, 0.4) is 0 Å². The minimum atomic E-state index is 0.0302. The van der Waals surface area contributed by atoms with E-state index in [0.717, 1.165) is 25.3 Å². The van der Waals surface area contributed by atoms with Crippen molar-refractivity contribution in [2.24, 2.45) is 0 Å². The van der Waals surface area contributed by atoms with Gasteiger partial charge in [-0.25, -0.2) is 0 Å². The summed E-state index contributed by atoms with van der Waals surface area (Å²) in [5.41, 5.74) is 7.01. The third kappa shape index (κ3) is 3.23. The Labute approximate surface area is 114 Å². The van der Waals surface area contributed by atoms with Crippen LogP contribution in [-0.4, -0.2) is 52.9 Å². The van der Waals surface area contributed by atoms with Crippen molar-refractivity contribution in [1.82, 2.24) is 14.8 Å². The summed E-state index contributed by atoms with van der Waals surface area (Å²) >= 11 is 0. The standard InChI is InChI=1S/C14H22N4O/c1-14(2)10-18(7-6-17(14)3)13(19)8-12-5-4-11(15)9-16-12/h4-5,9H,6-8,10,15H2,1-3H3. The van der Waals surface area contributed by atoms with E-state index in [0.29, 0.717) is 12.1 Å². The molecule has 0 bridgehead atoms. The van der Waals surface area contributed by atoms with E-state index in [2.05, 4.69) is 30.8 Å². The fourth-order valence-corrected chi connectivity index (χ4v) is 2.26. The lowest BCUT2D eigenvalue weighted by Crippen LogP contribution is -2.59. The zero-order valence-corrected chi connectivity index (χ0v) is 11.9. The fourth-order valence-electron chi connectivity index (χ4n) is 2.26. The summed E-state index contributed by atoms with van der Waals surface area (Å²) in [6.07, 6.45) is 1.94. The predicted octanol–water partition coefficient (Wildman–Crippen LogP) is 0.759. The molecule has 1 saturated heterocycles. The molecule has 0 spiro atoms. The zero-order valence-electron chi connectivity index (χ0n) is 11.9. The number of piperazine rings is 1. The molecular weight excluding hydrogens is 240 g/mol. The van der Waals surface area contributed by atoms with Gasteiger partial charge in [-0.05, 0) is 33.0 Å². The van der Waals surface area contributed by atoms with Crippen LogP contribution in [-0.2, 0) is 11.2 Å². The summed E-state index contributed by atoms with van der Waals surface area (Å²) in [5, 5.41) is 0. The first-order chi connectivity index (χ1) is 8.88. The first-order valence-corrected chi connectivity index (χ1v) is 6.58. The Kier molecular flexibility index (Phi) is 3.75. The molecule has 5 nitrogen and oxygen atoms in total. The first kappa shape index (κ1) is 13.8. The molecule has 5 heteroatoms. The van der Waals surface area contributed by atoms with Gasteiger partial charge < -0.3 is 10.6 Å². The molecule has 1 aliphatic heterocycles. The molecule has 1 fully saturated rings. The summed E-state index contributed by atoms with van der Waals surface area (Å²) in [4.78, 5) is 20.7. The maximum atomic E-state index is 12.3. The molecule has 0 saturated carbocycles. The summed E-state index contributed by atoms with van der Waals surface area (Å²) in [7, 11) is 2.10. The molecule has 2 N–H and O–H groups in total. The van der Waals surface area contributed by atoms with Gasteiger partial charge in [0.25, 0.3) is 0 Å². The third-order valence-electron chi connectivity index (χ3n) is 3.85. The van der Waals surface area contributed by atoms with Crippen LogP contribution in [0.25, 0.3) is 0 Å². The SMILES string of the molecule is CN1CCN(C(=O)Cc2ccc(N)cn2)CC1(C)C. The van der Waals surface area contributed by atoms with Gasteiger partial charge in [-0.1, -0.05) is 0 Å². The molecule has 104 valence electrons. The van der Waals surface area contributed by atoms with Gasteiger partial charge in [0, 0.05) is 30.9 Å². The van der Waals surface area contributed by atoms with E-state index in [1.165, 1.54) is 0 Å². The number of nitrogens with two attached hydrogens (primary N) is 1. The highest BCUT2D eigenvalue weighted by molar-refractivity contribution is 5.78. The van der Waals surface area contributed by atoms with Crippen molar-refractivity contribution in [2.75, 3.05) is 32.4 Å². The van der Waals surface area contributed by atoms with E-state index in [9.17, 15) is 4.79 Å². The van der Waals surface area contributed by atoms with Crippen LogP contribution in [0.1, 0.15) is 19.5 Å². The molecular formula is C14H22N4O. The summed E-state index contributed by atoms with van der Waals surface area (Å²) in [6, 6.07) is 3.60. The van der Waals surface area contributed by atoms with Crippen LogP contribution < -0.4 is 5.73 Å². The summed E-state index contributed by atoms with van der Waals surface area (Å²) in [5.74, 6) is 0.137. The number of rotatable bonds is 2. The fraction of sp³-hybridized carbons (Fsp3) is 0.571. The number of aromatic nitrogens is 1. The third-order valence-corrected chi connectivity index (χ3v) is 3.85. The van der Waals surface area contributed by atoms with Crippen molar-refractivity contribution in [3.05, 3.63) is 24.0 Å². The number of nitrogens with zero attached hydrogens (tertiary/aromatic N) is 3. The Morgan fingerprint density at radius 1 is 1.42 bits per heavy atom. The second kappa shape index (κ2) is 5.17. The minimum absolute atomic E-state index is 0.0302. The molecule has 1 aliphatic rings. The average Bonchev–Trinajstić information content (AvgIpc) is 2.35. The lowest BCUT2D eigenvalue weighted by atomic mass is 9.99. The second-order valence-corrected chi connectivity index (χ2v) is 5.81. The van der Waals surface area contributed by atoms with Crippen molar-refractivity contribution in [3.8, 4) is 0 Å². The van der Waals surface area contributed by atoms with Gasteiger partial charge in [-0.15, -0.1) is 0 Å². The lowest BCUT2D eigenvalue weighted by Gasteiger charge is -2.45. The number of carbonyl (C=O) groups excluding carboxylic acids is 1. The van der Waals surface area contributed by atoms with E-state index >= 15 is 0 Å². The molecule has 1 amide bonds. The van der Waals surface area contributed by atoms with Gasteiger partial charge >= 0.3 is 0 Å². The van der Waals surface area contributed by atoms with Gasteiger partial charge in [-0.2, -0.15) is 0 Å². The normalized spacial score (nSPS) is 19.4. The monoisotopic (exact) mass is 262 g/mol. The van der Waals surface area contributed by atoms with Crippen LogP contribution in [0.2, 0.25) is 0 Å². The number of hydrogen-bond donors (Lipinski definition) is 1. The minimum Gasteiger partial charge on any atom is -0.397 e. The Bertz CT molecular complexity index is 455. The highest BCUT2D eigenvalue weighted by Crippen LogP contribution is 2.19. The smallest absolute Gasteiger partial charge is 0.228 e. The molecule has 0 radical (unpaired) electrons. The molecule has 0 unspecified atom stereocenters. The van der Waals surface area contributed by atoms with Crippen molar-refractivity contribution >= 4 is 11.6 Å². The van der Waals surface area contributed by atoms with Gasteiger partial charge in [0.05, 0.1) is 18.3 Å². The summed E-state index contributed by atoms with van der Waals surface area (Å²) in [6.45, 7) is 6.78. The molecule has 0 aromatic carbocycles. The highest BCUT2D eigenvalue weighted by Gasteiger charge is 2.33. The van der Waals surface area contributed by atoms with Crippen molar-refractivity contribution in [1.29, 1.82) is 0 Å². The van der Waals surface area contributed by atoms with Crippen LogP contribution >= 0.6 is 0 Å². The Balaban J connectivity index is 1.99. The summed E-state index contributed by atoms with van der Waals surface area (Å²) < 4.78 is 0. The average molecular weight is 262 g/mol. The van der Waals surface area contributed by atoms with Gasteiger partial charge in [0.15, 0.2) is 0 Å². The van der Waals surface area contributed by atoms with Gasteiger partial charge in [-0.3, -0.25) is 14.7 Å². The van der Waals surface area contributed by atoms with Crippen molar-refractivity contribution in [2.45, 2.75) is 25.8 Å². The predicted molar refractivity (Wildman–Crippen MR) is 75.6 cm³/mol. The van der Waals surface area contributed by atoms with Crippen molar-refractivity contribution in [3.63, 3.8) is 0 Å². The van der Waals surface area contributed by atoms with E-state index in [-0.39, 0.29) is 11.4 Å². The highest BCUT2D eigenvalue weighted by atomic mass is 16.2. The quantitative estimate of drug-likeness (QED) is 0.854. The zero-order chi connectivity index (χ0) is 14.0. The molecule has 0 atom stereocenters. The topological polar surface area (TPSA) is 62.5 Å². The van der Waals surface area contributed by atoms with Gasteiger partial charge in [0.2, 0.25) is 5.91 Å². The molecule has 19 heavy (non-hydrogen) atoms. The first-order valence-electron chi connectivity index (χ1n) is 6.58. The maximum Gasteiger partial charge on any atom is 0.228 e. The van der Waals surface area contributed by atoms with E-state index in [1.807, 2.05) is 11.0 Å². The number of carbonyl (C=O) groups is 1. The number of anilines is 1. The van der Waals surface area contributed by atoms with Crippen LogP contribution in [0.5, 0.6) is 0 Å². The molecule has 0 aliphatic carbocycles. The Hall–Kier alpha value is -1.62. The van der Waals surface area contributed by atoms with Crippen LogP contribution in [0.4, 0.5) is 5.69 Å². The molecule has 1 aromatic heterocycles. The van der Waals surface area contributed by atoms with E-state index in [4.69, 9.17) is 5.73 Å². The maximum absolute atomic E-state index is 12.3. The van der Waals surface area contributed by atoms with Gasteiger partial charge in [0.1, 0.15) is 0 Å².